The van der Waals surface area contributed by atoms with Gasteiger partial charge in [-0.2, -0.15) is 0 Å². The van der Waals surface area contributed by atoms with Crippen molar-refractivity contribution in [2.45, 2.75) is 13.5 Å². The van der Waals surface area contributed by atoms with Crippen LogP contribution in [0.3, 0.4) is 0 Å². The Morgan fingerprint density at radius 1 is 1.04 bits per heavy atom. The summed E-state index contributed by atoms with van der Waals surface area (Å²) in [4.78, 5) is 13.5. The molecule has 1 unspecified atom stereocenters. The molecule has 26 heavy (non-hydrogen) atoms. The van der Waals surface area contributed by atoms with Gasteiger partial charge in [-0.15, -0.1) is 0 Å². The Morgan fingerprint density at radius 2 is 1.81 bits per heavy atom. The Morgan fingerprint density at radius 3 is 2.58 bits per heavy atom. The third kappa shape index (κ3) is 4.41. The van der Waals surface area contributed by atoms with Crippen LogP contribution < -0.4 is 15.0 Å². The number of carbonyl (C=O) groups excluding carboxylic acids is 1. The van der Waals surface area contributed by atoms with E-state index in [4.69, 9.17) is 4.74 Å². The molecule has 0 aromatic heterocycles. The number of nitrogens with one attached hydrogen (secondary N) is 2. The van der Waals surface area contributed by atoms with Crippen LogP contribution in [0.4, 0.5) is 5.69 Å². The number of benzene rings is 3. The van der Waals surface area contributed by atoms with Crippen molar-refractivity contribution in [1.82, 2.24) is 0 Å². The fourth-order valence-corrected chi connectivity index (χ4v) is 3.18. The second-order valence-corrected chi connectivity index (χ2v) is 6.74. The quantitative estimate of drug-likeness (QED) is 0.719. The number of hydrogen-bond acceptors (Lipinski definition) is 2. The van der Waals surface area contributed by atoms with Crippen LogP contribution in [-0.2, 0) is 11.3 Å². The summed E-state index contributed by atoms with van der Waals surface area (Å²) in [7, 11) is 3.69. The average Bonchev–Trinajstić information content (AvgIpc) is 2.61. The summed E-state index contributed by atoms with van der Waals surface area (Å²) in [6, 6.07) is 20.2. The number of quaternary nitrogens is 1. The van der Waals surface area contributed by atoms with Crippen molar-refractivity contribution in [1.29, 1.82) is 0 Å². The van der Waals surface area contributed by atoms with E-state index in [-0.39, 0.29) is 5.91 Å². The largest absolute Gasteiger partial charge is 0.496 e. The van der Waals surface area contributed by atoms with E-state index in [9.17, 15) is 4.79 Å². The first kappa shape index (κ1) is 18.0. The fourth-order valence-electron chi connectivity index (χ4n) is 3.18. The molecular weight excluding hydrogens is 324 g/mol. The average molecular weight is 349 g/mol. The second-order valence-electron chi connectivity index (χ2n) is 6.74. The van der Waals surface area contributed by atoms with Gasteiger partial charge >= 0.3 is 0 Å². The molecule has 0 aliphatic rings. The highest BCUT2D eigenvalue weighted by Gasteiger charge is 2.14. The van der Waals surface area contributed by atoms with Crippen LogP contribution in [0.5, 0.6) is 5.75 Å². The number of likely N-dealkylation sites (N-methyl/N-ethyl adjacent to an activating group) is 1. The summed E-state index contributed by atoms with van der Waals surface area (Å²) in [6.07, 6.45) is 0. The van der Waals surface area contributed by atoms with Crippen LogP contribution >= 0.6 is 0 Å². The molecule has 0 bridgehead atoms. The number of aryl methyl sites for hydroxylation is 1. The smallest absolute Gasteiger partial charge is 0.279 e. The molecule has 0 aliphatic heterocycles. The fraction of sp³-hybridized carbons (Fsp3) is 0.227. The lowest BCUT2D eigenvalue weighted by atomic mass is 10.1. The summed E-state index contributed by atoms with van der Waals surface area (Å²) in [5, 5.41) is 5.29. The topological polar surface area (TPSA) is 42.8 Å². The molecule has 4 heteroatoms. The van der Waals surface area contributed by atoms with E-state index in [2.05, 4.69) is 24.4 Å². The summed E-state index contributed by atoms with van der Waals surface area (Å²) in [5.74, 6) is 0.870. The number of rotatable bonds is 6. The monoisotopic (exact) mass is 349 g/mol. The van der Waals surface area contributed by atoms with Gasteiger partial charge < -0.3 is 15.0 Å². The molecular formula is C22H25N2O2+. The van der Waals surface area contributed by atoms with E-state index < -0.39 is 0 Å². The predicted molar refractivity (Wildman–Crippen MR) is 106 cm³/mol. The van der Waals surface area contributed by atoms with E-state index in [0.717, 1.165) is 33.8 Å². The molecule has 0 saturated carbocycles. The molecule has 3 aromatic carbocycles. The zero-order valence-electron chi connectivity index (χ0n) is 15.5. The highest BCUT2D eigenvalue weighted by Crippen LogP contribution is 2.19. The van der Waals surface area contributed by atoms with Gasteiger partial charge in [0.15, 0.2) is 6.54 Å². The van der Waals surface area contributed by atoms with Crippen LogP contribution in [-0.4, -0.2) is 26.6 Å². The van der Waals surface area contributed by atoms with Crippen molar-refractivity contribution >= 4 is 22.4 Å². The third-order valence-corrected chi connectivity index (χ3v) is 4.42. The Hall–Kier alpha value is -2.85. The lowest BCUT2D eigenvalue weighted by Gasteiger charge is -2.16. The van der Waals surface area contributed by atoms with Crippen molar-refractivity contribution in [3.8, 4) is 5.75 Å². The van der Waals surface area contributed by atoms with Crippen molar-refractivity contribution < 1.29 is 14.4 Å². The number of carbonyl (C=O) groups is 1. The molecule has 0 aliphatic carbocycles. The number of hydrogen-bond donors (Lipinski definition) is 2. The first-order chi connectivity index (χ1) is 12.5. The number of fused-ring (bicyclic) bond motifs is 1. The highest BCUT2D eigenvalue weighted by atomic mass is 16.5. The standard InChI is InChI=1S/C22H24N2O2/c1-16-8-11-21(26-3)19(12-16)14-24(2)15-22(25)23-20-10-9-17-6-4-5-7-18(17)13-20/h4-13H,14-15H2,1-3H3,(H,23,25)/p+1. The summed E-state index contributed by atoms with van der Waals surface area (Å²) in [5.41, 5.74) is 3.13. The number of anilines is 1. The predicted octanol–water partition coefficient (Wildman–Crippen LogP) is 2.81. The molecule has 0 spiro atoms. The van der Waals surface area contributed by atoms with Crippen LogP contribution in [0.2, 0.25) is 0 Å². The molecule has 1 atom stereocenters. The molecule has 3 aromatic rings. The van der Waals surface area contributed by atoms with Crippen LogP contribution in [0, 0.1) is 6.92 Å². The van der Waals surface area contributed by atoms with Crippen molar-refractivity contribution in [3.63, 3.8) is 0 Å². The Labute approximate surface area is 154 Å². The maximum absolute atomic E-state index is 12.4. The second kappa shape index (κ2) is 8.02. The van der Waals surface area contributed by atoms with Gasteiger partial charge in [-0.3, -0.25) is 4.79 Å². The van der Waals surface area contributed by atoms with Gasteiger partial charge in [0, 0.05) is 11.3 Å². The zero-order chi connectivity index (χ0) is 18.5. The number of methoxy groups -OCH3 is 1. The van der Waals surface area contributed by atoms with Gasteiger partial charge in [-0.05, 0) is 42.0 Å². The first-order valence-corrected chi connectivity index (χ1v) is 8.78. The third-order valence-electron chi connectivity index (χ3n) is 4.42. The molecule has 3 rings (SSSR count). The van der Waals surface area contributed by atoms with Gasteiger partial charge in [0.25, 0.3) is 5.91 Å². The van der Waals surface area contributed by atoms with E-state index in [1.54, 1.807) is 7.11 Å². The molecule has 2 N–H and O–H groups in total. The normalized spacial score (nSPS) is 12.0. The summed E-state index contributed by atoms with van der Waals surface area (Å²) >= 11 is 0. The van der Waals surface area contributed by atoms with Gasteiger partial charge in [0.1, 0.15) is 12.3 Å². The maximum Gasteiger partial charge on any atom is 0.279 e. The highest BCUT2D eigenvalue weighted by molar-refractivity contribution is 5.94. The first-order valence-electron chi connectivity index (χ1n) is 8.78. The Balaban J connectivity index is 1.62. The van der Waals surface area contributed by atoms with Crippen molar-refractivity contribution in [2.75, 3.05) is 26.0 Å². The van der Waals surface area contributed by atoms with E-state index in [1.165, 1.54) is 10.9 Å². The molecule has 0 radical (unpaired) electrons. The molecule has 0 fully saturated rings. The Kier molecular flexibility index (Phi) is 5.54. The summed E-state index contributed by atoms with van der Waals surface area (Å²) in [6.45, 7) is 3.19. The number of ether oxygens (including phenoxy) is 1. The van der Waals surface area contributed by atoms with E-state index in [1.807, 2.05) is 55.6 Å². The van der Waals surface area contributed by atoms with Gasteiger partial charge in [0.2, 0.25) is 0 Å². The van der Waals surface area contributed by atoms with Crippen LogP contribution in [0.1, 0.15) is 11.1 Å². The molecule has 134 valence electrons. The molecule has 0 heterocycles. The van der Waals surface area contributed by atoms with Crippen molar-refractivity contribution in [2.24, 2.45) is 0 Å². The van der Waals surface area contributed by atoms with Crippen LogP contribution in [0.25, 0.3) is 10.8 Å². The van der Waals surface area contributed by atoms with E-state index >= 15 is 0 Å². The maximum atomic E-state index is 12.4. The van der Waals surface area contributed by atoms with Crippen LogP contribution in [0.15, 0.2) is 60.7 Å². The zero-order valence-corrected chi connectivity index (χ0v) is 15.5. The van der Waals surface area contributed by atoms with Gasteiger partial charge in [0.05, 0.1) is 14.2 Å². The summed E-state index contributed by atoms with van der Waals surface area (Å²) < 4.78 is 5.43. The van der Waals surface area contributed by atoms with Gasteiger partial charge in [-0.25, -0.2) is 0 Å². The number of amides is 1. The van der Waals surface area contributed by atoms with E-state index in [0.29, 0.717) is 6.54 Å². The van der Waals surface area contributed by atoms with Crippen molar-refractivity contribution in [3.05, 3.63) is 71.8 Å². The molecule has 4 nitrogen and oxygen atoms in total. The lowest BCUT2D eigenvalue weighted by Crippen LogP contribution is -3.08. The minimum Gasteiger partial charge on any atom is -0.496 e. The minimum atomic E-state index is 0.00408. The minimum absolute atomic E-state index is 0.00408. The lowest BCUT2D eigenvalue weighted by molar-refractivity contribution is -0.885. The Bertz CT molecular complexity index is 921. The SMILES string of the molecule is COc1ccc(C)cc1C[NH+](C)CC(=O)Nc1ccc2ccccc2c1. The molecule has 0 saturated heterocycles. The van der Waals surface area contributed by atoms with Gasteiger partial charge in [-0.1, -0.05) is 42.0 Å². The molecule has 1 amide bonds.